The molecule has 0 aliphatic heterocycles. The zero-order valence-electron chi connectivity index (χ0n) is 12.8. The minimum atomic E-state index is -3.65. The first-order valence-electron chi connectivity index (χ1n) is 6.83. The van der Waals surface area contributed by atoms with Crippen molar-refractivity contribution in [2.75, 3.05) is 18.9 Å². The SMILES string of the molecule is CCc1ccc(S(=O)(=O)Nc2cc(OC)cc(OC)c2)cc1. The van der Waals surface area contributed by atoms with E-state index in [9.17, 15) is 8.42 Å². The topological polar surface area (TPSA) is 64.6 Å². The van der Waals surface area contributed by atoms with Crippen molar-refractivity contribution in [2.24, 2.45) is 0 Å². The van der Waals surface area contributed by atoms with Gasteiger partial charge in [0.1, 0.15) is 11.5 Å². The zero-order valence-corrected chi connectivity index (χ0v) is 13.6. The fraction of sp³-hybridized carbons (Fsp3) is 0.250. The van der Waals surface area contributed by atoms with Crippen molar-refractivity contribution in [2.45, 2.75) is 18.2 Å². The normalized spacial score (nSPS) is 11.0. The molecule has 2 aromatic carbocycles. The molecule has 0 aromatic heterocycles. The molecular formula is C16H19NO4S. The number of benzene rings is 2. The zero-order chi connectivity index (χ0) is 16.2. The second-order valence-electron chi connectivity index (χ2n) is 4.70. The summed E-state index contributed by atoms with van der Waals surface area (Å²) < 4.78 is 37.6. The maximum atomic E-state index is 12.4. The van der Waals surface area contributed by atoms with E-state index in [0.29, 0.717) is 17.2 Å². The maximum Gasteiger partial charge on any atom is 0.261 e. The second-order valence-corrected chi connectivity index (χ2v) is 6.39. The van der Waals surface area contributed by atoms with E-state index in [4.69, 9.17) is 9.47 Å². The van der Waals surface area contributed by atoms with E-state index in [0.717, 1.165) is 12.0 Å². The lowest BCUT2D eigenvalue weighted by atomic mass is 10.2. The van der Waals surface area contributed by atoms with Gasteiger partial charge in [0.25, 0.3) is 10.0 Å². The molecule has 0 aliphatic rings. The Labute approximate surface area is 130 Å². The molecule has 5 nitrogen and oxygen atoms in total. The Kier molecular flexibility index (Phi) is 4.92. The summed E-state index contributed by atoms with van der Waals surface area (Å²) in [6.45, 7) is 2.02. The lowest BCUT2D eigenvalue weighted by Crippen LogP contribution is -2.13. The fourth-order valence-corrected chi connectivity index (χ4v) is 3.03. The van der Waals surface area contributed by atoms with E-state index >= 15 is 0 Å². The number of hydrogen-bond donors (Lipinski definition) is 1. The van der Waals surface area contributed by atoms with Gasteiger partial charge in [0.2, 0.25) is 0 Å². The average Bonchev–Trinajstić information content (AvgIpc) is 2.54. The molecule has 118 valence electrons. The van der Waals surface area contributed by atoms with Gasteiger partial charge < -0.3 is 9.47 Å². The standard InChI is InChI=1S/C16H19NO4S/c1-4-12-5-7-16(8-6-12)22(18,19)17-13-9-14(20-2)11-15(10-13)21-3/h5-11,17H,4H2,1-3H3. The molecule has 0 amide bonds. The Hall–Kier alpha value is -2.21. The van der Waals surface area contributed by atoms with Crippen molar-refractivity contribution in [1.29, 1.82) is 0 Å². The first-order chi connectivity index (χ1) is 10.5. The van der Waals surface area contributed by atoms with E-state index in [1.165, 1.54) is 14.2 Å². The third kappa shape index (κ3) is 3.71. The summed E-state index contributed by atoms with van der Waals surface area (Å²) >= 11 is 0. The fourth-order valence-electron chi connectivity index (χ4n) is 1.98. The average molecular weight is 321 g/mol. The van der Waals surface area contributed by atoms with Gasteiger partial charge in [-0.3, -0.25) is 4.72 Å². The summed E-state index contributed by atoms with van der Waals surface area (Å²) in [5, 5.41) is 0. The minimum absolute atomic E-state index is 0.214. The molecule has 22 heavy (non-hydrogen) atoms. The van der Waals surface area contributed by atoms with E-state index in [-0.39, 0.29) is 4.90 Å². The minimum Gasteiger partial charge on any atom is -0.497 e. The van der Waals surface area contributed by atoms with Crippen LogP contribution < -0.4 is 14.2 Å². The number of methoxy groups -OCH3 is 2. The van der Waals surface area contributed by atoms with Gasteiger partial charge in [-0.05, 0) is 24.1 Å². The van der Waals surface area contributed by atoms with Gasteiger partial charge in [-0.1, -0.05) is 19.1 Å². The van der Waals surface area contributed by atoms with E-state index in [2.05, 4.69) is 4.72 Å². The Morgan fingerprint density at radius 3 is 1.95 bits per heavy atom. The molecule has 0 heterocycles. The van der Waals surface area contributed by atoms with Crippen LogP contribution in [0.1, 0.15) is 12.5 Å². The summed E-state index contributed by atoms with van der Waals surface area (Å²) in [7, 11) is -0.628. The molecule has 6 heteroatoms. The maximum absolute atomic E-state index is 12.4. The van der Waals surface area contributed by atoms with Crippen LogP contribution in [0.5, 0.6) is 11.5 Å². The largest absolute Gasteiger partial charge is 0.497 e. The predicted octanol–water partition coefficient (Wildman–Crippen LogP) is 3.07. The highest BCUT2D eigenvalue weighted by Crippen LogP contribution is 2.27. The molecule has 0 atom stereocenters. The predicted molar refractivity (Wildman–Crippen MR) is 86.2 cm³/mol. The number of sulfonamides is 1. The van der Waals surface area contributed by atoms with Crippen LogP contribution >= 0.6 is 0 Å². The smallest absolute Gasteiger partial charge is 0.261 e. The van der Waals surface area contributed by atoms with Crippen molar-refractivity contribution in [1.82, 2.24) is 0 Å². The van der Waals surface area contributed by atoms with Crippen LogP contribution in [-0.2, 0) is 16.4 Å². The highest BCUT2D eigenvalue weighted by Gasteiger charge is 2.15. The lowest BCUT2D eigenvalue weighted by molar-refractivity contribution is 0.395. The van der Waals surface area contributed by atoms with Crippen molar-refractivity contribution >= 4 is 15.7 Å². The van der Waals surface area contributed by atoms with Gasteiger partial charge in [-0.15, -0.1) is 0 Å². The Bertz CT molecular complexity index is 717. The Morgan fingerprint density at radius 2 is 1.50 bits per heavy atom. The van der Waals surface area contributed by atoms with Gasteiger partial charge in [0.15, 0.2) is 0 Å². The quantitative estimate of drug-likeness (QED) is 0.888. The molecule has 0 bridgehead atoms. The molecule has 0 spiro atoms. The molecule has 2 aromatic rings. The number of aryl methyl sites for hydroxylation is 1. The van der Waals surface area contributed by atoms with Crippen LogP contribution in [0, 0.1) is 0 Å². The second kappa shape index (κ2) is 6.70. The first-order valence-corrected chi connectivity index (χ1v) is 8.31. The van der Waals surface area contributed by atoms with Crippen LogP contribution in [0.4, 0.5) is 5.69 Å². The number of hydrogen-bond acceptors (Lipinski definition) is 4. The van der Waals surface area contributed by atoms with Crippen molar-refractivity contribution < 1.29 is 17.9 Å². The molecule has 1 N–H and O–H groups in total. The van der Waals surface area contributed by atoms with Crippen LogP contribution in [0.15, 0.2) is 47.4 Å². The number of rotatable bonds is 6. The van der Waals surface area contributed by atoms with Gasteiger partial charge >= 0.3 is 0 Å². The van der Waals surface area contributed by atoms with Crippen LogP contribution in [0.2, 0.25) is 0 Å². The van der Waals surface area contributed by atoms with E-state index < -0.39 is 10.0 Å². The summed E-state index contributed by atoms with van der Waals surface area (Å²) in [4.78, 5) is 0.214. The third-order valence-corrected chi connectivity index (χ3v) is 4.64. The Morgan fingerprint density at radius 1 is 0.955 bits per heavy atom. The highest BCUT2D eigenvalue weighted by molar-refractivity contribution is 7.92. The molecule has 0 saturated heterocycles. The van der Waals surface area contributed by atoms with Gasteiger partial charge in [-0.2, -0.15) is 0 Å². The lowest BCUT2D eigenvalue weighted by Gasteiger charge is -2.11. The first kappa shape index (κ1) is 16.2. The van der Waals surface area contributed by atoms with Gasteiger partial charge in [-0.25, -0.2) is 8.42 Å². The van der Waals surface area contributed by atoms with Gasteiger partial charge in [0, 0.05) is 18.2 Å². The summed E-state index contributed by atoms with van der Waals surface area (Å²) in [5.41, 5.74) is 1.47. The molecule has 0 radical (unpaired) electrons. The van der Waals surface area contributed by atoms with E-state index in [1.54, 1.807) is 42.5 Å². The van der Waals surface area contributed by atoms with Crippen molar-refractivity contribution in [3.8, 4) is 11.5 Å². The van der Waals surface area contributed by atoms with E-state index in [1.807, 2.05) is 6.92 Å². The molecule has 0 saturated carbocycles. The number of anilines is 1. The molecule has 2 rings (SSSR count). The molecule has 0 fully saturated rings. The monoisotopic (exact) mass is 321 g/mol. The van der Waals surface area contributed by atoms with Crippen molar-refractivity contribution in [3.05, 3.63) is 48.0 Å². The summed E-state index contributed by atoms with van der Waals surface area (Å²) in [6.07, 6.45) is 0.862. The highest BCUT2D eigenvalue weighted by atomic mass is 32.2. The van der Waals surface area contributed by atoms with Crippen LogP contribution in [0.3, 0.4) is 0 Å². The summed E-state index contributed by atoms with van der Waals surface area (Å²) in [5.74, 6) is 1.02. The van der Waals surface area contributed by atoms with Gasteiger partial charge in [0.05, 0.1) is 24.8 Å². The number of ether oxygens (including phenoxy) is 2. The molecule has 0 aliphatic carbocycles. The summed E-state index contributed by atoms with van der Waals surface area (Å²) in [6, 6.07) is 11.7. The molecule has 0 unspecified atom stereocenters. The van der Waals surface area contributed by atoms with Crippen LogP contribution in [0.25, 0.3) is 0 Å². The molecular weight excluding hydrogens is 302 g/mol. The van der Waals surface area contributed by atoms with Crippen LogP contribution in [-0.4, -0.2) is 22.6 Å². The van der Waals surface area contributed by atoms with Crippen molar-refractivity contribution in [3.63, 3.8) is 0 Å². The number of nitrogens with one attached hydrogen (secondary N) is 1. The third-order valence-electron chi connectivity index (χ3n) is 3.25. The Balaban J connectivity index is 2.31.